The summed E-state index contributed by atoms with van der Waals surface area (Å²) in [4.78, 5) is 12.2. The number of benzene rings is 1. The second-order valence-corrected chi connectivity index (χ2v) is 6.04. The van der Waals surface area contributed by atoms with Crippen LogP contribution in [0, 0.1) is 17.8 Å². The minimum atomic E-state index is -0.153. The van der Waals surface area contributed by atoms with Gasteiger partial charge in [0.2, 0.25) is 0 Å². The van der Waals surface area contributed by atoms with E-state index in [0.29, 0.717) is 16.9 Å². The van der Waals surface area contributed by atoms with Crippen molar-refractivity contribution in [3.63, 3.8) is 0 Å². The molecule has 0 aliphatic heterocycles. The Kier molecular flexibility index (Phi) is 3.50. The van der Waals surface area contributed by atoms with Gasteiger partial charge in [-0.1, -0.05) is 29.8 Å². The third-order valence-electron chi connectivity index (χ3n) is 4.58. The number of rotatable bonds is 3. The number of nitrogens with two attached hydrogens (primary N) is 1. The van der Waals surface area contributed by atoms with Gasteiger partial charge in [0.1, 0.15) is 6.61 Å². The van der Waals surface area contributed by atoms with Gasteiger partial charge in [0, 0.05) is 16.6 Å². The fourth-order valence-electron chi connectivity index (χ4n) is 3.55. The zero-order valence-electron chi connectivity index (χ0n) is 10.7. The Hall–Kier alpha value is -1.06. The fraction of sp³-hybridized carbons (Fsp3) is 0.533. The van der Waals surface area contributed by atoms with Crippen LogP contribution in [-0.4, -0.2) is 12.0 Å². The van der Waals surface area contributed by atoms with E-state index < -0.39 is 0 Å². The van der Waals surface area contributed by atoms with Crippen LogP contribution in [0.5, 0.6) is 0 Å². The lowest BCUT2D eigenvalue weighted by Gasteiger charge is -2.26. The highest BCUT2D eigenvalue weighted by Gasteiger charge is 2.49. The molecule has 2 aliphatic carbocycles. The zero-order valence-corrected chi connectivity index (χ0v) is 11.5. The van der Waals surface area contributed by atoms with Crippen molar-refractivity contribution < 1.29 is 9.53 Å². The Balaban J connectivity index is 1.62. The van der Waals surface area contributed by atoms with Gasteiger partial charge >= 0.3 is 5.97 Å². The molecule has 2 N–H and O–H groups in total. The van der Waals surface area contributed by atoms with Crippen molar-refractivity contribution in [2.24, 2.45) is 23.5 Å². The topological polar surface area (TPSA) is 52.3 Å². The summed E-state index contributed by atoms with van der Waals surface area (Å²) in [5.41, 5.74) is 6.98. The predicted molar refractivity (Wildman–Crippen MR) is 73.5 cm³/mol. The summed E-state index contributed by atoms with van der Waals surface area (Å²) in [6.45, 7) is 0.235. The highest BCUT2D eigenvalue weighted by atomic mass is 35.5. The molecule has 4 atom stereocenters. The Morgan fingerprint density at radius 2 is 2.05 bits per heavy atom. The van der Waals surface area contributed by atoms with Gasteiger partial charge in [-0.2, -0.15) is 0 Å². The summed E-state index contributed by atoms with van der Waals surface area (Å²) < 4.78 is 5.41. The van der Waals surface area contributed by atoms with Crippen LogP contribution in [0.1, 0.15) is 24.8 Å². The first-order valence-corrected chi connectivity index (χ1v) is 7.20. The third kappa shape index (κ3) is 2.37. The average molecular weight is 280 g/mol. The van der Waals surface area contributed by atoms with E-state index in [1.807, 2.05) is 18.2 Å². The summed E-state index contributed by atoms with van der Waals surface area (Å²) in [6, 6.07) is 7.40. The number of hydrogen-bond acceptors (Lipinski definition) is 3. The molecule has 2 bridgehead atoms. The maximum atomic E-state index is 12.2. The minimum absolute atomic E-state index is 0.0162. The second kappa shape index (κ2) is 5.14. The van der Waals surface area contributed by atoms with Crippen molar-refractivity contribution in [1.29, 1.82) is 0 Å². The fourth-order valence-corrected chi connectivity index (χ4v) is 3.74. The van der Waals surface area contributed by atoms with E-state index in [-0.39, 0.29) is 24.5 Å². The minimum Gasteiger partial charge on any atom is -0.460 e. The molecule has 3 rings (SSSR count). The molecule has 0 aromatic heterocycles. The molecule has 2 saturated carbocycles. The molecule has 0 spiro atoms. The molecule has 0 amide bonds. The summed E-state index contributed by atoms with van der Waals surface area (Å²) in [5, 5.41) is 0.632. The molecule has 3 nitrogen and oxygen atoms in total. The van der Waals surface area contributed by atoms with E-state index in [2.05, 4.69) is 0 Å². The number of halogens is 1. The summed E-state index contributed by atoms with van der Waals surface area (Å²) in [7, 11) is 0. The van der Waals surface area contributed by atoms with Gasteiger partial charge in [-0.3, -0.25) is 4.79 Å². The maximum absolute atomic E-state index is 12.2. The molecular formula is C15H18ClNO2. The Labute approximate surface area is 118 Å². The molecule has 1 aromatic rings. The summed E-state index contributed by atoms with van der Waals surface area (Å²) >= 11 is 6.04. The van der Waals surface area contributed by atoms with Crippen molar-refractivity contribution in [2.45, 2.75) is 31.9 Å². The molecular weight excluding hydrogens is 262 g/mol. The van der Waals surface area contributed by atoms with Crippen LogP contribution < -0.4 is 5.73 Å². The number of hydrogen-bond donors (Lipinski definition) is 1. The molecule has 0 saturated heterocycles. The Morgan fingerprint density at radius 1 is 1.32 bits per heavy atom. The number of carbonyl (C=O) groups is 1. The normalized spacial score (nSPS) is 32.5. The molecule has 1 aromatic carbocycles. The largest absolute Gasteiger partial charge is 0.460 e. The molecule has 19 heavy (non-hydrogen) atoms. The van der Waals surface area contributed by atoms with Crippen LogP contribution in [0.2, 0.25) is 5.02 Å². The van der Waals surface area contributed by atoms with Gasteiger partial charge < -0.3 is 10.5 Å². The highest BCUT2D eigenvalue weighted by molar-refractivity contribution is 6.31. The third-order valence-corrected chi connectivity index (χ3v) is 4.95. The molecule has 4 heteroatoms. The summed E-state index contributed by atoms with van der Waals surface area (Å²) in [6.07, 6.45) is 3.37. The van der Waals surface area contributed by atoms with Crippen LogP contribution in [0.3, 0.4) is 0 Å². The average Bonchev–Trinajstić information content (AvgIpc) is 2.98. The number of fused-ring (bicyclic) bond motifs is 2. The first-order chi connectivity index (χ1) is 9.16. The van der Waals surface area contributed by atoms with Gasteiger partial charge in [0.15, 0.2) is 0 Å². The standard InChI is InChI=1S/C15H18ClNO2/c16-12-4-2-1-3-11(12)8-19-15(18)13-9-5-6-10(7-9)14(13)17/h1-4,9-10,13-14H,5-8,17H2. The van der Waals surface area contributed by atoms with Gasteiger partial charge in [-0.25, -0.2) is 0 Å². The van der Waals surface area contributed by atoms with E-state index in [1.165, 1.54) is 6.42 Å². The molecule has 2 aliphatic rings. The quantitative estimate of drug-likeness (QED) is 0.866. The van der Waals surface area contributed by atoms with E-state index >= 15 is 0 Å². The Bertz CT molecular complexity index is 489. The lowest BCUT2D eigenvalue weighted by Crippen LogP contribution is -2.41. The van der Waals surface area contributed by atoms with E-state index in [4.69, 9.17) is 22.1 Å². The van der Waals surface area contributed by atoms with Gasteiger partial charge in [-0.15, -0.1) is 0 Å². The van der Waals surface area contributed by atoms with Gasteiger partial charge in [0.25, 0.3) is 0 Å². The van der Waals surface area contributed by atoms with E-state index in [9.17, 15) is 4.79 Å². The van der Waals surface area contributed by atoms with Crippen LogP contribution in [0.15, 0.2) is 24.3 Å². The molecule has 2 fully saturated rings. The van der Waals surface area contributed by atoms with E-state index in [0.717, 1.165) is 18.4 Å². The number of ether oxygens (including phenoxy) is 1. The molecule has 4 unspecified atom stereocenters. The number of carbonyl (C=O) groups excluding carboxylic acids is 1. The first kappa shape index (κ1) is 12.9. The van der Waals surface area contributed by atoms with Crippen molar-refractivity contribution >= 4 is 17.6 Å². The summed E-state index contributed by atoms with van der Waals surface area (Å²) in [5.74, 6) is 0.683. The SMILES string of the molecule is NC1C2CCC(C2)C1C(=O)OCc1ccccc1Cl. The van der Waals surface area contributed by atoms with Crippen LogP contribution >= 0.6 is 11.6 Å². The molecule has 102 valence electrons. The van der Waals surface area contributed by atoms with Crippen LogP contribution in [0.25, 0.3) is 0 Å². The van der Waals surface area contributed by atoms with Gasteiger partial charge in [-0.05, 0) is 37.2 Å². The number of esters is 1. The smallest absolute Gasteiger partial charge is 0.311 e. The Morgan fingerprint density at radius 3 is 2.74 bits per heavy atom. The lowest BCUT2D eigenvalue weighted by molar-refractivity contribution is -0.152. The predicted octanol–water partition coefficient (Wildman–Crippen LogP) is 2.76. The van der Waals surface area contributed by atoms with Gasteiger partial charge in [0.05, 0.1) is 5.92 Å². The maximum Gasteiger partial charge on any atom is 0.311 e. The monoisotopic (exact) mass is 279 g/mol. The van der Waals surface area contributed by atoms with Crippen molar-refractivity contribution in [3.05, 3.63) is 34.9 Å². The second-order valence-electron chi connectivity index (χ2n) is 5.64. The molecule has 0 heterocycles. The van der Waals surface area contributed by atoms with Crippen molar-refractivity contribution in [3.8, 4) is 0 Å². The lowest BCUT2D eigenvalue weighted by atomic mass is 9.85. The zero-order chi connectivity index (χ0) is 13.4. The first-order valence-electron chi connectivity index (χ1n) is 6.82. The van der Waals surface area contributed by atoms with Crippen molar-refractivity contribution in [1.82, 2.24) is 0 Å². The molecule has 0 radical (unpaired) electrons. The highest BCUT2D eigenvalue weighted by Crippen LogP contribution is 2.48. The van der Waals surface area contributed by atoms with Crippen LogP contribution in [-0.2, 0) is 16.1 Å². The van der Waals surface area contributed by atoms with Crippen LogP contribution in [0.4, 0.5) is 0 Å². The van der Waals surface area contributed by atoms with E-state index in [1.54, 1.807) is 6.07 Å². The van der Waals surface area contributed by atoms with Crippen molar-refractivity contribution in [2.75, 3.05) is 0 Å².